The summed E-state index contributed by atoms with van der Waals surface area (Å²) in [6.07, 6.45) is 0.702. The molecule has 1 aliphatic rings. The summed E-state index contributed by atoms with van der Waals surface area (Å²) in [5.41, 5.74) is 0.781. The van der Waals surface area contributed by atoms with Crippen molar-refractivity contribution in [2.75, 3.05) is 0 Å². The van der Waals surface area contributed by atoms with Gasteiger partial charge in [-0.05, 0) is 25.5 Å². The second-order valence-electron chi connectivity index (χ2n) is 4.60. The van der Waals surface area contributed by atoms with E-state index in [1.54, 1.807) is 31.2 Å². The zero-order valence-corrected chi connectivity index (χ0v) is 11.0. The van der Waals surface area contributed by atoms with E-state index in [2.05, 4.69) is 0 Å². The molecule has 1 aromatic rings. The predicted octanol–water partition coefficient (Wildman–Crippen LogP) is 0.724. The van der Waals surface area contributed by atoms with E-state index in [1.165, 1.54) is 4.90 Å². The molecule has 4 amide bonds. The van der Waals surface area contributed by atoms with Crippen LogP contribution in [0.1, 0.15) is 40.5 Å². The van der Waals surface area contributed by atoms with Crippen molar-refractivity contribution >= 4 is 24.1 Å². The number of fused-ring (bicyclic) bond motifs is 1. The molecule has 1 N–H and O–H groups in total. The number of hydrogen-bond acceptors (Lipinski definition) is 4. The van der Waals surface area contributed by atoms with E-state index in [4.69, 9.17) is 0 Å². The first-order chi connectivity index (χ1) is 9.56. The van der Waals surface area contributed by atoms with Gasteiger partial charge in [-0.25, -0.2) is 0 Å². The van der Waals surface area contributed by atoms with Crippen LogP contribution in [0.4, 0.5) is 0 Å². The first kappa shape index (κ1) is 13.9. The Labute approximate surface area is 115 Å². The third-order valence-electron chi connectivity index (χ3n) is 3.28. The SMILES string of the molecule is CC(CCC(=O)NC=O)N1C(=O)c2ccccc2C1=O. The first-order valence-electron chi connectivity index (χ1n) is 6.26. The summed E-state index contributed by atoms with van der Waals surface area (Å²) in [7, 11) is 0. The van der Waals surface area contributed by atoms with Crippen molar-refractivity contribution < 1.29 is 19.2 Å². The number of imide groups is 2. The van der Waals surface area contributed by atoms with Crippen LogP contribution in [-0.4, -0.2) is 35.1 Å². The van der Waals surface area contributed by atoms with Crippen LogP contribution in [0.5, 0.6) is 0 Å². The molecule has 1 atom stereocenters. The zero-order chi connectivity index (χ0) is 14.7. The summed E-state index contributed by atoms with van der Waals surface area (Å²) in [6.45, 7) is 1.70. The van der Waals surface area contributed by atoms with E-state index >= 15 is 0 Å². The van der Waals surface area contributed by atoms with Crippen LogP contribution >= 0.6 is 0 Å². The van der Waals surface area contributed by atoms with Crippen molar-refractivity contribution in [1.29, 1.82) is 0 Å². The molecular formula is C14H14N2O4. The molecule has 1 aliphatic heterocycles. The molecule has 0 saturated carbocycles. The van der Waals surface area contributed by atoms with E-state index in [0.29, 0.717) is 24.0 Å². The molecule has 104 valence electrons. The van der Waals surface area contributed by atoms with Gasteiger partial charge in [0.1, 0.15) is 0 Å². The number of amides is 4. The maximum Gasteiger partial charge on any atom is 0.261 e. The summed E-state index contributed by atoms with van der Waals surface area (Å²) in [5, 5.41) is 2.02. The monoisotopic (exact) mass is 274 g/mol. The Balaban J connectivity index is 2.07. The van der Waals surface area contributed by atoms with E-state index in [0.717, 1.165) is 0 Å². The second kappa shape index (κ2) is 5.64. The van der Waals surface area contributed by atoms with Gasteiger partial charge in [-0.15, -0.1) is 0 Å². The molecule has 0 fully saturated rings. The normalized spacial score (nSPS) is 14.9. The molecule has 0 bridgehead atoms. The molecule has 0 aromatic heterocycles. The van der Waals surface area contributed by atoms with Gasteiger partial charge in [0.15, 0.2) is 0 Å². The summed E-state index contributed by atoms with van der Waals surface area (Å²) in [5.74, 6) is -1.11. The van der Waals surface area contributed by atoms with Crippen molar-refractivity contribution in [3.8, 4) is 0 Å². The van der Waals surface area contributed by atoms with E-state index in [-0.39, 0.29) is 18.2 Å². The van der Waals surface area contributed by atoms with E-state index in [1.807, 2.05) is 5.32 Å². The summed E-state index contributed by atoms with van der Waals surface area (Å²) >= 11 is 0. The molecule has 1 aromatic carbocycles. The molecule has 20 heavy (non-hydrogen) atoms. The number of nitrogens with one attached hydrogen (secondary N) is 1. The fourth-order valence-electron chi connectivity index (χ4n) is 2.22. The highest BCUT2D eigenvalue weighted by Gasteiger charge is 2.37. The second-order valence-corrected chi connectivity index (χ2v) is 4.60. The summed E-state index contributed by atoms with van der Waals surface area (Å²) in [4.78, 5) is 46.8. The molecule has 0 radical (unpaired) electrons. The smallest absolute Gasteiger partial charge is 0.261 e. The number of rotatable bonds is 5. The van der Waals surface area contributed by atoms with E-state index < -0.39 is 11.9 Å². The lowest BCUT2D eigenvalue weighted by Crippen LogP contribution is -2.38. The van der Waals surface area contributed by atoms with Crippen LogP contribution in [-0.2, 0) is 9.59 Å². The van der Waals surface area contributed by atoms with Gasteiger partial charge in [0, 0.05) is 12.5 Å². The Morgan fingerprint density at radius 3 is 2.30 bits per heavy atom. The van der Waals surface area contributed by atoms with Gasteiger partial charge < -0.3 is 0 Å². The van der Waals surface area contributed by atoms with Gasteiger partial charge in [0.25, 0.3) is 11.8 Å². The highest BCUT2D eigenvalue weighted by molar-refractivity contribution is 6.21. The van der Waals surface area contributed by atoms with Crippen LogP contribution in [0.15, 0.2) is 24.3 Å². The molecule has 0 aliphatic carbocycles. The van der Waals surface area contributed by atoms with Crippen molar-refractivity contribution in [3.63, 3.8) is 0 Å². The largest absolute Gasteiger partial charge is 0.299 e. The topological polar surface area (TPSA) is 83.6 Å². The summed E-state index contributed by atoms with van der Waals surface area (Å²) in [6, 6.07) is 6.23. The fourth-order valence-corrected chi connectivity index (χ4v) is 2.22. The minimum atomic E-state index is -0.427. The summed E-state index contributed by atoms with van der Waals surface area (Å²) < 4.78 is 0. The number of nitrogens with zero attached hydrogens (tertiary/aromatic N) is 1. The molecular weight excluding hydrogens is 260 g/mol. The highest BCUT2D eigenvalue weighted by atomic mass is 16.2. The van der Waals surface area contributed by atoms with Gasteiger partial charge >= 0.3 is 0 Å². The molecule has 2 rings (SSSR count). The van der Waals surface area contributed by atoms with Crippen molar-refractivity contribution in [2.24, 2.45) is 0 Å². The lowest BCUT2D eigenvalue weighted by molar-refractivity contribution is -0.125. The van der Waals surface area contributed by atoms with Gasteiger partial charge in [-0.2, -0.15) is 0 Å². The fraction of sp³-hybridized carbons (Fsp3) is 0.286. The Morgan fingerprint density at radius 1 is 1.25 bits per heavy atom. The predicted molar refractivity (Wildman–Crippen MR) is 69.8 cm³/mol. The van der Waals surface area contributed by atoms with Gasteiger partial charge in [-0.1, -0.05) is 12.1 Å². The van der Waals surface area contributed by atoms with Crippen LogP contribution in [0.2, 0.25) is 0 Å². The standard InChI is InChI=1S/C14H14N2O4/c1-9(6-7-12(18)15-8-17)16-13(19)10-4-2-3-5-11(10)14(16)20/h2-5,8-9H,6-7H2,1H3,(H,15,17,18). The maximum absolute atomic E-state index is 12.2. The molecule has 0 saturated heterocycles. The number of benzene rings is 1. The maximum atomic E-state index is 12.2. The van der Waals surface area contributed by atoms with Crippen LogP contribution in [0, 0.1) is 0 Å². The Bertz CT molecular complexity index is 547. The quantitative estimate of drug-likeness (QED) is 0.633. The average Bonchev–Trinajstić information content (AvgIpc) is 2.69. The third kappa shape index (κ3) is 2.45. The average molecular weight is 274 g/mol. The number of carbonyl (C=O) groups excluding carboxylic acids is 4. The Hall–Kier alpha value is -2.50. The molecule has 0 spiro atoms. The molecule has 6 heteroatoms. The Kier molecular flexibility index (Phi) is 3.93. The highest BCUT2D eigenvalue weighted by Crippen LogP contribution is 2.25. The molecule has 6 nitrogen and oxygen atoms in total. The lowest BCUT2D eigenvalue weighted by Gasteiger charge is -2.22. The van der Waals surface area contributed by atoms with Crippen molar-refractivity contribution in [3.05, 3.63) is 35.4 Å². The zero-order valence-electron chi connectivity index (χ0n) is 11.0. The van der Waals surface area contributed by atoms with Crippen molar-refractivity contribution in [2.45, 2.75) is 25.8 Å². The van der Waals surface area contributed by atoms with Crippen molar-refractivity contribution in [1.82, 2.24) is 10.2 Å². The number of carbonyl (C=O) groups is 4. The lowest BCUT2D eigenvalue weighted by atomic mass is 10.1. The minimum absolute atomic E-state index is 0.0767. The van der Waals surface area contributed by atoms with Gasteiger partial charge in [0.2, 0.25) is 12.3 Å². The van der Waals surface area contributed by atoms with Crippen LogP contribution in [0.3, 0.4) is 0 Å². The molecule has 1 heterocycles. The van der Waals surface area contributed by atoms with Crippen LogP contribution in [0.25, 0.3) is 0 Å². The van der Waals surface area contributed by atoms with Gasteiger partial charge in [-0.3, -0.25) is 29.4 Å². The number of hydrogen-bond donors (Lipinski definition) is 1. The molecule has 1 unspecified atom stereocenters. The van der Waals surface area contributed by atoms with Crippen LogP contribution < -0.4 is 5.32 Å². The minimum Gasteiger partial charge on any atom is -0.299 e. The third-order valence-corrected chi connectivity index (χ3v) is 3.28. The van der Waals surface area contributed by atoms with Gasteiger partial charge in [0.05, 0.1) is 11.1 Å². The first-order valence-corrected chi connectivity index (χ1v) is 6.26. The van der Waals surface area contributed by atoms with E-state index in [9.17, 15) is 19.2 Å². The Morgan fingerprint density at radius 2 is 1.80 bits per heavy atom.